The van der Waals surface area contributed by atoms with Gasteiger partial charge in [-0.2, -0.15) is 0 Å². The molecule has 0 bridgehead atoms. The molecule has 0 saturated carbocycles. The van der Waals surface area contributed by atoms with Gasteiger partial charge in [0.25, 0.3) is 0 Å². The zero-order valence-electron chi connectivity index (χ0n) is 18.5. The zero-order valence-corrected chi connectivity index (χ0v) is 20.2. The summed E-state index contributed by atoms with van der Waals surface area (Å²) in [5, 5.41) is 0. The van der Waals surface area contributed by atoms with E-state index in [1.54, 1.807) is 0 Å². The third-order valence-electron chi connectivity index (χ3n) is 5.99. The van der Waals surface area contributed by atoms with E-state index in [1.165, 1.54) is 0 Å². The quantitative estimate of drug-likeness (QED) is 0.310. The maximum absolute atomic E-state index is 13.6. The molecule has 33 heavy (non-hydrogen) atoms. The summed E-state index contributed by atoms with van der Waals surface area (Å²) in [7, 11) is -2.65. The first-order valence-corrected chi connectivity index (χ1v) is 13.2. The third-order valence-corrected chi connectivity index (χ3v) is 8.97. The highest BCUT2D eigenvalue weighted by Gasteiger charge is 2.54. The molecule has 0 amide bonds. The standard InChI is InChI=1S/C28H25NO2S2/c1-20-12-16-23(17-13-20)32(30)26-11-7-6-10-25(26)28-27(22-8-4-3-5-9-22)29(28)33(31)24-18-14-21(2)15-19-24/h3-19,27-28H,1-2H3/t27-,28+,29?,32-,33+/m0/s1. The van der Waals surface area contributed by atoms with Crippen LogP contribution in [0.4, 0.5) is 0 Å². The Morgan fingerprint density at radius 1 is 0.606 bits per heavy atom. The van der Waals surface area contributed by atoms with Crippen molar-refractivity contribution in [3.8, 4) is 0 Å². The normalized spacial score (nSPS) is 21.3. The summed E-state index contributed by atoms with van der Waals surface area (Å²) in [6.07, 6.45) is 0. The number of nitrogens with zero attached hydrogens (tertiary/aromatic N) is 1. The number of rotatable bonds is 6. The molecular formula is C28H25NO2S2. The van der Waals surface area contributed by atoms with Crippen molar-refractivity contribution in [3.05, 3.63) is 125 Å². The number of aryl methyl sites for hydroxylation is 2. The summed E-state index contributed by atoms with van der Waals surface area (Å²) in [4.78, 5) is 2.33. The van der Waals surface area contributed by atoms with Gasteiger partial charge >= 0.3 is 0 Å². The lowest BCUT2D eigenvalue weighted by Crippen LogP contribution is -2.06. The van der Waals surface area contributed by atoms with Crippen LogP contribution in [0.15, 0.2) is 118 Å². The fraction of sp³-hybridized carbons (Fsp3) is 0.143. The molecule has 5 rings (SSSR count). The van der Waals surface area contributed by atoms with E-state index >= 15 is 0 Å². The Hall–Kier alpha value is -2.86. The number of hydrogen-bond donors (Lipinski definition) is 0. The summed E-state index contributed by atoms with van der Waals surface area (Å²) in [5.41, 5.74) is 4.34. The van der Waals surface area contributed by atoms with Crippen molar-refractivity contribution in [2.24, 2.45) is 0 Å². The van der Waals surface area contributed by atoms with Gasteiger partial charge in [0.2, 0.25) is 0 Å². The molecule has 166 valence electrons. The second-order valence-electron chi connectivity index (χ2n) is 8.34. The molecule has 4 aromatic carbocycles. The smallest absolute Gasteiger partial charge is 0.128 e. The Morgan fingerprint density at radius 3 is 1.79 bits per heavy atom. The van der Waals surface area contributed by atoms with E-state index in [2.05, 4.69) is 12.1 Å². The molecular weight excluding hydrogens is 446 g/mol. The molecule has 5 heteroatoms. The molecule has 0 aliphatic carbocycles. The van der Waals surface area contributed by atoms with Crippen molar-refractivity contribution >= 4 is 21.8 Å². The molecule has 5 atom stereocenters. The molecule has 1 heterocycles. The Morgan fingerprint density at radius 2 is 1.15 bits per heavy atom. The van der Waals surface area contributed by atoms with Gasteiger partial charge in [0.15, 0.2) is 0 Å². The van der Waals surface area contributed by atoms with E-state index < -0.39 is 21.8 Å². The largest absolute Gasteiger partial charge is 0.249 e. The lowest BCUT2D eigenvalue weighted by atomic mass is 10.0. The molecule has 4 aromatic rings. The first kappa shape index (κ1) is 22.0. The average Bonchev–Trinajstić information content (AvgIpc) is 3.60. The van der Waals surface area contributed by atoms with Gasteiger partial charge in [-0.3, -0.25) is 0 Å². The van der Waals surface area contributed by atoms with Gasteiger partial charge in [0.1, 0.15) is 11.0 Å². The van der Waals surface area contributed by atoms with Crippen molar-refractivity contribution in [1.82, 2.24) is 4.31 Å². The molecule has 0 aromatic heterocycles. The van der Waals surface area contributed by atoms with Gasteiger partial charge in [-0.05, 0) is 55.3 Å². The van der Waals surface area contributed by atoms with E-state index in [1.807, 2.05) is 109 Å². The Balaban J connectivity index is 1.55. The molecule has 1 fully saturated rings. The van der Waals surface area contributed by atoms with E-state index in [4.69, 9.17) is 0 Å². The molecule has 0 N–H and O–H groups in total. The molecule has 3 nitrogen and oxygen atoms in total. The van der Waals surface area contributed by atoms with Crippen molar-refractivity contribution in [2.75, 3.05) is 0 Å². The minimum absolute atomic E-state index is 0.0375. The van der Waals surface area contributed by atoms with E-state index in [0.717, 1.165) is 36.9 Å². The predicted molar refractivity (Wildman–Crippen MR) is 134 cm³/mol. The Bertz CT molecular complexity index is 1320. The summed E-state index contributed by atoms with van der Waals surface area (Å²) >= 11 is 0. The molecule has 1 aliphatic heterocycles. The zero-order chi connectivity index (χ0) is 22.9. The van der Waals surface area contributed by atoms with Crippen LogP contribution >= 0.6 is 0 Å². The molecule has 1 unspecified atom stereocenters. The minimum atomic E-state index is -1.33. The summed E-state index contributed by atoms with van der Waals surface area (Å²) < 4.78 is 29.2. The van der Waals surface area contributed by atoms with Crippen LogP contribution in [-0.4, -0.2) is 12.7 Å². The summed E-state index contributed by atoms with van der Waals surface area (Å²) in [6.45, 7) is 4.05. The lowest BCUT2D eigenvalue weighted by molar-refractivity contribution is 0.637. The van der Waals surface area contributed by atoms with Crippen LogP contribution in [-0.2, 0) is 21.8 Å². The second kappa shape index (κ2) is 9.18. The van der Waals surface area contributed by atoms with Crippen molar-refractivity contribution in [3.63, 3.8) is 0 Å². The summed E-state index contributed by atoms with van der Waals surface area (Å²) in [6, 6.07) is 33.5. The van der Waals surface area contributed by atoms with Crippen molar-refractivity contribution in [1.29, 1.82) is 0 Å². The molecule has 0 spiro atoms. The van der Waals surface area contributed by atoms with Gasteiger partial charge in [-0.1, -0.05) is 83.9 Å². The van der Waals surface area contributed by atoms with Crippen LogP contribution in [0.5, 0.6) is 0 Å². The Labute approximate surface area is 200 Å². The SMILES string of the molecule is Cc1ccc([S@](=O)c2ccccc2[C@@H]2[C@H](c3ccccc3)N2[S@](=O)c2ccc(C)cc2)cc1. The maximum Gasteiger partial charge on any atom is 0.128 e. The van der Waals surface area contributed by atoms with Crippen molar-refractivity contribution < 1.29 is 8.42 Å². The lowest BCUT2D eigenvalue weighted by Gasteiger charge is -2.10. The maximum atomic E-state index is 13.6. The van der Waals surface area contributed by atoms with Gasteiger partial charge in [-0.25, -0.2) is 12.7 Å². The monoisotopic (exact) mass is 471 g/mol. The fourth-order valence-corrected chi connectivity index (χ4v) is 6.84. The minimum Gasteiger partial charge on any atom is -0.249 e. The van der Waals surface area contributed by atoms with Crippen LogP contribution in [0.2, 0.25) is 0 Å². The van der Waals surface area contributed by atoms with E-state index in [9.17, 15) is 8.42 Å². The molecule has 0 radical (unpaired) electrons. The van der Waals surface area contributed by atoms with Crippen LogP contribution < -0.4 is 0 Å². The van der Waals surface area contributed by atoms with Crippen LogP contribution in [0.25, 0.3) is 0 Å². The van der Waals surface area contributed by atoms with E-state index in [-0.39, 0.29) is 12.1 Å². The predicted octanol–water partition coefficient (Wildman–Crippen LogP) is 6.29. The first-order valence-electron chi connectivity index (χ1n) is 10.9. The van der Waals surface area contributed by atoms with Gasteiger partial charge in [-0.15, -0.1) is 0 Å². The number of hydrogen-bond acceptors (Lipinski definition) is 2. The Kier molecular flexibility index (Phi) is 6.11. The topological polar surface area (TPSA) is 37.1 Å². The number of benzene rings is 4. The second-order valence-corrected chi connectivity index (χ2v) is 11.2. The highest BCUT2D eigenvalue weighted by molar-refractivity contribution is 7.85. The summed E-state index contributed by atoms with van der Waals surface area (Å²) in [5.74, 6) is 0. The third kappa shape index (κ3) is 4.36. The first-order chi connectivity index (χ1) is 16.0. The van der Waals surface area contributed by atoms with E-state index in [0.29, 0.717) is 0 Å². The average molecular weight is 472 g/mol. The highest BCUT2D eigenvalue weighted by Crippen LogP contribution is 2.57. The van der Waals surface area contributed by atoms with Crippen LogP contribution in [0, 0.1) is 13.8 Å². The molecule has 1 aliphatic rings. The highest BCUT2D eigenvalue weighted by atomic mass is 32.2. The molecule has 1 saturated heterocycles. The van der Waals surface area contributed by atoms with Gasteiger partial charge in [0.05, 0.1) is 27.8 Å². The van der Waals surface area contributed by atoms with Crippen LogP contribution in [0.1, 0.15) is 34.3 Å². The van der Waals surface area contributed by atoms with Gasteiger partial charge < -0.3 is 0 Å². The van der Waals surface area contributed by atoms with Gasteiger partial charge in [0, 0.05) is 9.79 Å². The van der Waals surface area contributed by atoms with Crippen LogP contribution in [0.3, 0.4) is 0 Å². The van der Waals surface area contributed by atoms with Crippen molar-refractivity contribution in [2.45, 2.75) is 40.6 Å². The fourth-order valence-electron chi connectivity index (χ4n) is 4.16.